The van der Waals surface area contributed by atoms with Crippen LogP contribution in [0.25, 0.3) is 5.82 Å². The average Bonchev–Trinajstić information content (AvgIpc) is 3.60. The summed E-state index contributed by atoms with van der Waals surface area (Å²) >= 11 is 6.30. The van der Waals surface area contributed by atoms with Crippen LogP contribution in [0.2, 0.25) is 5.15 Å². The maximum absolute atomic E-state index is 13.0. The third-order valence-electron chi connectivity index (χ3n) is 8.70. The lowest BCUT2D eigenvalue weighted by atomic mass is 9.89. The van der Waals surface area contributed by atoms with Gasteiger partial charge >= 0.3 is 0 Å². The van der Waals surface area contributed by atoms with Gasteiger partial charge in [0.15, 0.2) is 10.8 Å². The first-order valence-corrected chi connectivity index (χ1v) is 17.0. The molecule has 0 bridgehead atoms. The number of hydrogen-bond donors (Lipinski definition) is 2. The Bertz CT molecular complexity index is 1690. The van der Waals surface area contributed by atoms with E-state index in [-0.39, 0.29) is 27.3 Å². The minimum atomic E-state index is -4.30. The van der Waals surface area contributed by atoms with Crippen LogP contribution in [0.1, 0.15) is 82.5 Å². The summed E-state index contributed by atoms with van der Waals surface area (Å²) in [5, 5.41) is 2.63. The van der Waals surface area contributed by atoms with Crippen LogP contribution in [-0.2, 0) is 10.0 Å². The van der Waals surface area contributed by atoms with Crippen molar-refractivity contribution in [2.24, 2.45) is 16.7 Å². The lowest BCUT2D eigenvalue weighted by Crippen LogP contribution is -2.31. The molecule has 2 saturated carbocycles. The summed E-state index contributed by atoms with van der Waals surface area (Å²) < 4.78 is 35.1. The van der Waals surface area contributed by atoms with E-state index in [2.05, 4.69) is 36.1 Å². The molecule has 3 heterocycles. The molecule has 0 radical (unpaired) electrons. The van der Waals surface area contributed by atoms with E-state index in [0.29, 0.717) is 29.8 Å². The molecular formula is C32H40ClN5O5S. The van der Waals surface area contributed by atoms with E-state index in [1.807, 2.05) is 4.72 Å². The number of carbonyl (C=O) groups excluding carboxylic acids is 1. The van der Waals surface area contributed by atoms with E-state index >= 15 is 0 Å². The number of nitrogens with zero attached hydrogens (tertiary/aromatic N) is 3. The number of amides is 1. The number of rotatable bonds is 13. The number of nitrogens with one attached hydrogen (secondary N) is 2. The summed E-state index contributed by atoms with van der Waals surface area (Å²) in [5.41, 5.74) is 0.137. The summed E-state index contributed by atoms with van der Waals surface area (Å²) in [5.74, 6) is 0.518. The lowest BCUT2D eigenvalue weighted by molar-refractivity contribution is 0.0981. The van der Waals surface area contributed by atoms with Crippen LogP contribution in [0.15, 0.2) is 58.5 Å². The highest BCUT2D eigenvalue weighted by molar-refractivity contribution is 7.90. The van der Waals surface area contributed by atoms with E-state index in [4.69, 9.17) is 16.3 Å². The zero-order valence-corrected chi connectivity index (χ0v) is 27.0. The van der Waals surface area contributed by atoms with Crippen LogP contribution in [-0.4, -0.2) is 42.0 Å². The van der Waals surface area contributed by atoms with Gasteiger partial charge in [0.25, 0.3) is 21.5 Å². The summed E-state index contributed by atoms with van der Waals surface area (Å²) in [6.45, 7) is 7.93. The molecule has 0 unspecified atom stereocenters. The highest BCUT2D eigenvalue weighted by Gasteiger charge is 2.36. The molecule has 44 heavy (non-hydrogen) atoms. The molecule has 236 valence electrons. The Hall–Kier alpha value is -3.44. The monoisotopic (exact) mass is 641 g/mol. The molecule has 0 spiro atoms. The minimum Gasteiger partial charge on any atom is -0.488 e. The maximum atomic E-state index is 13.0. The van der Waals surface area contributed by atoms with Crippen molar-refractivity contribution in [3.8, 4) is 11.6 Å². The molecule has 3 aromatic heterocycles. The van der Waals surface area contributed by atoms with Gasteiger partial charge in [0.05, 0.1) is 12.2 Å². The second kappa shape index (κ2) is 12.9. The third kappa shape index (κ3) is 7.98. The molecule has 2 fully saturated rings. The van der Waals surface area contributed by atoms with Gasteiger partial charge < -0.3 is 10.1 Å². The molecule has 3 aromatic rings. The van der Waals surface area contributed by atoms with Crippen molar-refractivity contribution in [3.63, 3.8) is 0 Å². The Kier molecular flexibility index (Phi) is 9.36. The molecule has 10 nitrogen and oxygen atoms in total. The summed E-state index contributed by atoms with van der Waals surface area (Å²) in [7, 11) is -4.30. The highest BCUT2D eigenvalue weighted by atomic mass is 35.5. The van der Waals surface area contributed by atoms with Gasteiger partial charge in [-0.05, 0) is 105 Å². The maximum Gasteiger partial charge on any atom is 0.298 e. The quantitative estimate of drug-likeness (QED) is 0.172. The van der Waals surface area contributed by atoms with Gasteiger partial charge in [-0.1, -0.05) is 38.4 Å². The van der Waals surface area contributed by atoms with E-state index in [1.165, 1.54) is 61.1 Å². The van der Waals surface area contributed by atoms with Crippen molar-refractivity contribution in [1.82, 2.24) is 19.3 Å². The van der Waals surface area contributed by atoms with Crippen LogP contribution in [0.4, 0.5) is 5.82 Å². The van der Waals surface area contributed by atoms with E-state index in [1.54, 1.807) is 24.3 Å². The highest BCUT2D eigenvalue weighted by Crippen LogP contribution is 2.48. The smallest absolute Gasteiger partial charge is 0.298 e. The Morgan fingerprint density at radius 2 is 1.89 bits per heavy atom. The summed E-state index contributed by atoms with van der Waals surface area (Å²) in [6, 6.07) is 10.6. The molecule has 2 aliphatic rings. The third-order valence-corrected chi connectivity index (χ3v) is 10.2. The van der Waals surface area contributed by atoms with Crippen LogP contribution in [0.3, 0.4) is 0 Å². The van der Waals surface area contributed by atoms with Crippen LogP contribution in [0.5, 0.6) is 5.75 Å². The zero-order chi connectivity index (χ0) is 31.5. The first-order valence-electron chi connectivity index (χ1n) is 15.1. The summed E-state index contributed by atoms with van der Waals surface area (Å²) in [6.07, 6.45) is 10.5. The van der Waals surface area contributed by atoms with Crippen molar-refractivity contribution in [2.45, 2.75) is 77.2 Å². The second-order valence-electron chi connectivity index (χ2n) is 13.1. The summed E-state index contributed by atoms with van der Waals surface area (Å²) in [4.78, 5) is 34.3. The topological polar surface area (TPSA) is 132 Å². The van der Waals surface area contributed by atoms with E-state index in [9.17, 15) is 18.0 Å². The fourth-order valence-corrected chi connectivity index (χ4v) is 6.86. The average molecular weight is 642 g/mol. The Morgan fingerprint density at radius 3 is 2.59 bits per heavy atom. The van der Waals surface area contributed by atoms with E-state index in [0.717, 1.165) is 25.2 Å². The fourth-order valence-electron chi connectivity index (χ4n) is 5.69. The first-order chi connectivity index (χ1) is 20.8. The Balaban J connectivity index is 1.19. The van der Waals surface area contributed by atoms with Gasteiger partial charge in [0, 0.05) is 12.7 Å². The molecule has 1 atom stereocenters. The van der Waals surface area contributed by atoms with Crippen LogP contribution >= 0.6 is 11.6 Å². The second-order valence-corrected chi connectivity index (χ2v) is 15.1. The van der Waals surface area contributed by atoms with Crippen LogP contribution in [0, 0.1) is 16.7 Å². The largest absolute Gasteiger partial charge is 0.488 e. The Morgan fingerprint density at radius 1 is 1.09 bits per heavy atom. The van der Waals surface area contributed by atoms with Crippen molar-refractivity contribution >= 4 is 33.3 Å². The number of halogens is 1. The first kappa shape index (κ1) is 32.0. The van der Waals surface area contributed by atoms with Gasteiger partial charge in [0.2, 0.25) is 0 Å². The molecule has 0 saturated heterocycles. The minimum absolute atomic E-state index is 0.163. The molecule has 0 aromatic carbocycles. The number of ether oxygens (including phenoxy) is 1. The van der Waals surface area contributed by atoms with E-state index < -0.39 is 21.5 Å². The van der Waals surface area contributed by atoms with Crippen molar-refractivity contribution in [3.05, 3.63) is 69.7 Å². The normalized spacial score (nSPS) is 18.5. The predicted molar refractivity (Wildman–Crippen MR) is 170 cm³/mol. The number of hydrogen-bond acceptors (Lipinski definition) is 8. The fraction of sp³-hybridized carbons (Fsp3) is 0.500. The van der Waals surface area contributed by atoms with Crippen molar-refractivity contribution in [2.75, 3.05) is 18.5 Å². The zero-order valence-electron chi connectivity index (χ0n) is 25.4. The predicted octanol–water partition coefficient (Wildman–Crippen LogP) is 5.99. The van der Waals surface area contributed by atoms with Gasteiger partial charge in [-0.15, -0.1) is 0 Å². The molecule has 5 rings (SSSR count). The van der Waals surface area contributed by atoms with Crippen molar-refractivity contribution in [1.29, 1.82) is 0 Å². The molecule has 2 aliphatic carbocycles. The Labute approximate surface area is 263 Å². The van der Waals surface area contributed by atoms with Gasteiger partial charge in [-0.3, -0.25) is 14.2 Å². The number of anilines is 1. The lowest BCUT2D eigenvalue weighted by Gasteiger charge is -2.17. The molecule has 2 N–H and O–H groups in total. The van der Waals surface area contributed by atoms with Gasteiger partial charge in [-0.2, -0.15) is 8.42 Å². The van der Waals surface area contributed by atoms with Gasteiger partial charge in [0.1, 0.15) is 16.8 Å². The van der Waals surface area contributed by atoms with Crippen molar-refractivity contribution < 1.29 is 17.9 Å². The molecule has 1 amide bonds. The molecule has 0 aliphatic heterocycles. The molecular weight excluding hydrogens is 602 g/mol. The number of pyridine rings is 3. The van der Waals surface area contributed by atoms with Crippen LogP contribution < -0.4 is 20.3 Å². The SMILES string of the molecule is CC1(C)CC[C@@H](CCCNc2cccc(S(=O)(=O)NC(=O)c3ccc(-n4cccc(OCCC5(C)CC5)c4=O)nc3Cl)n2)C1. The standard InChI is InChI=1S/C32H40ClN5O5S/c1-31(2)14-13-22(21-31)7-5-18-34-25-9-4-10-27(35-25)44(41,42)37-29(39)23-11-12-26(36-28(23)33)38-19-6-8-24(30(38)40)43-20-17-32(3)15-16-32/h4,6,8-12,19,22H,5,7,13-18,20-21H2,1-3H3,(H,34,35)(H,37,39)/t22-/m1/s1. The molecule has 12 heteroatoms. The number of sulfonamides is 1. The number of aromatic nitrogens is 3. The number of carbonyl (C=O) groups is 1. The van der Waals surface area contributed by atoms with Gasteiger partial charge in [-0.25, -0.2) is 14.7 Å².